The predicted octanol–water partition coefficient (Wildman–Crippen LogP) is 2.95. The molecule has 1 atom stereocenters. The van der Waals surface area contributed by atoms with E-state index in [4.69, 9.17) is 22.1 Å². The quantitative estimate of drug-likeness (QED) is 0.869. The third kappa shape index (κ3) is 3.44. The third-order valence-corrected chi connectivity index (χ3v) is 3.80. The Balaban J connectivity index is 2.08. The van der Waals surface area contributed by atoms with Crippen LogP contribution in [-0.2, 0) is 4.74 Å². The number of nitrogens with zero attached hydrogens (tertiary/aromatic N) is 1. The molecule has 0 aliphatic carbocycles. The number of hydrogen-bond acceptors (Lipinski definition) is 3. The minimum absolute atomic E-state index is 0.0992. The maximum Gasteiger partial charge on any atom is 0.257 e. The lowest BCUT2D eigenvalue weighted by molar-refractivity contribution is 0.00215. The number of ether oxygens (including phenoxy) is 1. The molecule has 0 bridgehead atoms. The van der Waals surface area contributed by atoms with Gasteiger partial charge in [-0.05, 0) is 31.4 Å². The molecule has 2 N–H and O–H groups in total. The number of anilines is 1. The van der Waals surface area contributed by atoms with Crippen molar-refractivity contribution in [2.24, 2.45) is 0 Å². The molecule has 1 unspecified atom stereocenters. The second-order valence-electron chi connectivity index (χ2n) is 5.09. The number of nitrogens with two attached hydrogens (primary N) is 1. The molecule has 5 heteroatoms. The van der Waals surface area contributed by atoms with E-state index in [-0.39, 0.29) is 12.0 Å². The largest absolute Gasteiger partial charge is 0.398 e. The molecule has 1 saturated heterocycles. The molecule has 1 heterocycles. The SMILES string of the molecule is CCCOC1CCCN(C(=O)c2c(N)cccc2Cl)C1. The van der Waals surface area contributed by atoms with Crippen LogP contribution in [0.2, 0.25) is 5.02 Å². The number of nitrogen functional groups attached to an aromatic ring is 1. The molecule has 1 aliphatic rings. The highest BCUT2D eigenvalue weighted by Gasteiger charge is 2.27. The van der Waals surface area contributed by atoms with E-state index in [1.807, 2.05) is 0 Å². The molecule has 1 aromatic carbocycles. The number of carbonyl (C=O) groups is 1. The molecule has 1 amide bonds. The fraction of sp³-hybridized carbons (Fsp3) is 0.533. The normalized spacial score (nSPS) is 19.1. The van der Waals surface area contributed by atoms with Crippen molar-refractivity contribution in [3.8, 4) is 0 Å². The van der Waals surface area contributed by atoms with E-state index in [0.717, 1.165) is 32.4 Å². The van der Waals surface area contributed by atoms with Crippen LogP contribution in [0.4, 0.5) is 5.69 Å². The number of benzene rings is 1. The van der Waals surface area contributed by atoms with Gasteiger partial charge in [-0.1, -0.05) is 24.6 Å². The Labute approximate surface area is 124 Å². The van der Waals surface area contributed by atoms with Crippen LogP contribution < -0.4 is 5.73 Å². The average molecular weight is 297 g/mol. The van der Waals surface area contributed by atoms with Gasteiger partial charge in [0.05, 0.1) is 16.7 Å². The Kier molecular flexibility index (Phi) is 5.26. The summed E-state index contributed by atoms with van der Waals surface area (Å²) in [6.45, 7) is 4.16. The fourth-order valence-corrected chi connectivity index (χ4v) is 2.73. The Morgan fingerprint density at radius 3 is 3.05 bits per heavy atom. The number of likely N-dealkylation sites (tertiary alicyclic amines) is 1. The van der Waals surface area contributed by atoms with Gasteiger partial charge in [0.2, 0.25) is 0 Å². The number of piperidine rings is 1. The first-order valence-electron chi connectivity index (χ1n) is 7.08. The van der Waals surface area contributed by atoms with Crippen molar-refractivity contribution in [2.75, 3.05) is 25.4 Å². The minimum atomic E-state index is -0.0992. The number of rotatable bonds is 4. The van der Waals surface area contributed by atoms with Gasteiger partial charge in [-0.15, -0.1) is 0 Å². The van der Waals surface area contributed by atoms with Crippen LogP contribution in [0.1, 0.15) is 36.5 Å². The summed E-state index contributed by atoms with van der Waals surface area (Å²) in [5.41, 5.74) is 6.72. The van der Waals surface area contributed by atoms with Gasteiger partial charge in [-0.3, -0.25) is 4.79 Å². The summed E-state index contributed by atoms with van der Waals surface area (Å²) in [4.78, 5) is 14.4. The van der Waals surface area contributed by atoms with Crippen LogP contribution in [0.25, 0.3) is 0 Å². The molecular formula is C15H21ClN2O2. The molecule has 110 valence electrons. The van der Waals surface area contributed by atoms with Crippen LogP contribution in [0.5, 0.6) is 0 Å². The second-order valence-corrected chi connectivity index (χ2v) is 5.50. The number of hydrogen-bond donors (Lipinski definition) is 1. The van der Waals surface area contributed by atoms with Gasteiger partial charge in [-0.2, -0.15) is 0 Å². The Morgan fingerprint density at radius 1 is 1.55 bits per heavy atom. The average Bonchev–Trinajstić information content (AvgIpc) is 2.45. The maximum atomic E-state index is 12.6. The lowest BCUT2D eigenvalue weighted by Gasteiger charge is -2.33. The van der Waals surface area contributed by atoms with E-state index in [1.54, 1.807) is 23.1 Å². The summed E-state index contributed by atoms with van der Waals surface area (Å²) in [6, 6.07) is 5.14. The molecule has 1 aliphatic heterocycles. The van der Waals surface area contributed by atoms with Crippen LogP contribution in [-0.4, -0.2) is 36.6 Å². The van der Waals surface area contributed by atoms with Gasteiger partial charge in [0.1, 0.15) is 0 Å². The third-order valence-electron chi connectivity index (χ3n) is 3.48. The Hall–Kier alpha value is -1.26. The van der Waals surface area contributed by atoms with E-state index in [1.165, 1.54) is 0 Å². The predicted molar refractivity (Wildman–Crippen MR) is 81.0 cm³/mol. The second kappa shape index (κ2) is 6.95. The van der Waals surface area contributed by atoms with Gasteiger partial charge in [0.15, 0.2) is 0 Å². The van der Waals surface area contributed by atoms with Crippen molar-refractivity contribution in [3.05, 3.63) is 28.8 Å². The van der Waals surface area contributed by atoms with Crippen molar-refractivity contribution < 1.29 is 9.53 Å². The molecule has 4 nitrogen and oxygen atoms in total. The van der Waals surface area contributed by atoms with Crippen LogP contribution >= 0.6 is 11.6 Å². The molecule has 0 saturated carbocycles. The summed E-state index contributed by atoms with van der Waals surface area (Å²) in [5, 5.41) is 0.409. The number of halogens is 1. The van der Waals surface area contributed by atoms with Crippen LogP contribution in [0, 0.1) is 0 Å². The van der Waals surface area contributed by atoms with Gasteiger partial charge in [0.25, 0.3) is 5.91 Å². The van der Waals surface area contributed by atoms with Gasteiger partial charge >= 0.3 is 0 Å². The van der Waals surface area contributed by atoms with E-state index in [0.29, 0.717) is 22.8 Å². The number of amides is 1. The highest BCUT2D eigenvalue weighted by Crippen LogP contribution is 2.25. The van der Waals surface area contributed by atoms with Crippen molar-refractivity contribution >= 4 is 23.2 Å². The summed E-state index contributed by atoms with van der Waals surface area (Å²) in [6.07, 6.45) is 3.06. The summed E-state index contributed by atoms with van der Waals surface area (Å²) >= 11 is 6.10. The first-order valence-corrected chi connectivity index (χ1v) is 7.46. The van der Waals surface area contributed by atoms with Gasteiger partial charge in [-0.25, -0.2) is 0 Å². The van der Waals surface area contributed by atoms with Crippen molar-refractivity contribution in [1.29, 1.82) is 0 Å². The van der Waals surface area contributed by atoms with Gasteiger partial charge < -0.3 is 15.4 Å². The standard InChI is InChI=1S/C15H21ClN2O2/c1-2-9-20-11-5-4-8-18(10-11)15(19)14-12(16)6-3-7-13(14)17/h3,6-7,11H,2,4-5,8-10,17H2,1H3. The van der Waals surface area contributed by atoms with E-state index in [9.17, 15) is 4.79 Å². The zero-order valence-corrected chi connectivity index (χ0v) is 12.5. The highest BCUT2D eigenvalue weighted by molar-refractivity contribution is 6.34. The molecule has 20 heavy (non-hydrogen) atoms. The zero-order valence-electron chi connectivity index (χ0n) is 11.8. The minimum Gasteiger partial charge on any atom is -0.398 e. The molecule has 2 rings (SSSR count). The van der Waals surface area contributed by atoms with Crippen molar-refractivity contribution in [3.63, 3.8) is 0 Å². The molecule has 0 spiro atoms. The topological polar surface area (TPSA) is 55.6 Å². The first kappa shape index (κ1) is 15.1. The monoisotopic (exact) mass is 296 g/mol. The first-order chi connectivity index (χ1) is 9.63. The maximum absolute atomic E-state index is 12.6. The van der Waals surface area contributed by atoms with Crippen LogP contribution in [0.15, 0.2) is 18.2 Å². The van der Waals surface area contributed by atoms with E-state index in [2.05, 4.69) is 6.92 Å². The van der Waals surface area contributed by atoms with Gasteiger partial charge in [0, 0.05) is 25.4 Å². The number of carbonyl (C=O) groups excluding carboxylic acids is 1. The molecule has 1 fully saturated rings. The fourth-order valence-electron chi connectivity index (χ4n) is 2.47. The Morgan fingerprint density at radius 2 is 2.35 bits per heavy atom. The van der Waals surface area contributed by atoms with Crippen molar-refractivity contribution in [2.45, 2.75) is 32.3 Å². The highest BCUT2D eigenvalue weighted by atomic mass is 35.5. The molecular weight excluding hydrogens is 276 g/mol. The van der Waals surface area contributed by atoms with Crippen LogP contribution in [0.3, 0.4) is 0 Å². The summed E-state index contributed by atoms with van der Waals surface area (Å²) in [5.74, 6) is -0.0992. The molecule has 0 radical (unpaired) electrons. The lowest BCUT2D eigenvalue weighted by atomic mass is 10.1. The summed E-state index contributed by atoms with van der Waals surface area (Å²) in [7, 11) is 0. The zero-order chi connectivity index (χ0) is 14.5. The van der Waals surface area contributed by atoms with E-state index >= 15 is 0 Å². The Bertz CT molecular complexity index is 459. The molecule has 0 aromatic heterocycles. The van der Waals surface area contributed by atoms with Crippen molar-refractivity contribution in [1.82, 2.24) is 4.90 Å². The lowest BCUT2D eigenvalue weighted by Crippen LogP contribution is -2.43. The smallest absolute Gasteiger partial charge is 0.257 e. The molecule has 1 aromatic rings. The summed E-state index contributed by atoms with van der Waals surface area (Å²) < 4.78 is 5.75. The van der Waals surface area contributed by atoms with E-state index < -0.39 is 0 Å².